The first-order chi connectivity index (χ1) is 11.6. The lowest BCUT2D eigenvalue weighted by Crippen LogP contribution is -2.28. The van der Waals surface area contributed by atoms with Crippen LogP contribution in [0.1, 0.15) is 34.3 Å². The molecule has 1 aliphatic heterocycles. The maximum Gasteiger partial charge on any atom is 0.168 e. The van der Waals surface area contributed by atoms with Gasteiger partial charge in [-0.2, -0.15) is 0 Å². The normalized spacial score (nSPS) is 15.4. The number of Topliss-reactive ketones (excluding diaryl/α,β-unsaturated/α-hetero) is 1. The predicted octanol–water partition coefficient (Wildman–Crippen LogP) is 4.45. The third-order valence-corrected chi connectivity index (χ3v) is 4.88. The molecule has 24 heavy (non-hydrogen) atoms. The number of piperidine rings is 1. The summed E-state index contributed by atoms with van der Waals surface area (Å²) in [5.74, 6) is 0.197. The van der Waals surface area contributed by atoms with Crippen molar-refractivity contribution in [2.75, 3.05) is 13.1 Å². The molecule has 1 saturated heterocycles. The first-order valence-corrected chi connectivity index (χ1v) is 8.76. The van der Waals surface area contributed by atoms with Crippen molar-refractivity contribution in [2.24, 2.45) is 5.92 Å². The number of carbonyl (C=O) groups is 1. The van der Waals surface area contributed by atoms with Crippen LogP contribution in [0.3, 0.4) is 0 Å². The van der Waals surface area contributed by atoms with Crippen molar-refractivity contribution in [3.63, 3.8) is 0 Å². The number of benzene rings is 2. The minimum atomic E-state index is -0.430. The van der Waals surface area contributed by atoms with Gasteiger partial charge in [0.05, 0.1) is 5.02 Å². The van der Waals surface area contributed by atoms with Gasteiger partial charge in [0.25, 0.3) is 0 Å². The zero-order chi connectivity index (χ0) is 16.9. The van der Waals surface area contributed by atoms with E-state index in [0.717, 1.165) is 25.1 Å². The van der Waals surface area contributed by atoms with E-state index in [-0.39, 0.29) is 17.2 Å². The Morgan fingerprint density at radius 2 is 1.88 bits per heavy atom. The van der Waals surface area contributed by atoms with Gasteiger partial charge in [-0.1, -0.05) is 35.9 Å². The average Bonchev–Trinajstić information content (AvgIpc) is 2.56. The highest BCUT2D eigenvalue weighted by Gasteiger charge is 2.15. The van der Waals surface area contributed by atoms with Crippen LogP contribution in [-0.4, -0.2) is 18.9 Å². The van der Waals surface area contributed by atoms with Gasteiger partial charge in [-0.25, -0.2) is 4.39 Å². The summed E-state index contributed by atoms with van der Waals surface area (Å²) >= 11 is 5.98. The Morgan fingerprint density at radius 3 is 2.62 bits per heavy atom. The lowest BCUT2D eigenvalue weighted by atomic mass is 9.90. The van der Waals surface area contributed by atoms with Gasteiger partial charge in [-0.05, 0) is 67.6 Å². The van der Waals surface area contributed by atoms with Crippen LogP contribution in [-0.2, 0) is 12.8 Å². The Hall–Kier alpha value is -1.71. The van der Waals surface area contributed by atoms with Gasteiger partial charge in [0.1, 0.15) is 5.82 Å². The van der Waals surface area contributed by atoms with Crippen molar-refractivity contribution in [3.8, 4) is 0 Å². The van der Waals surface area contributed by atoms with E-state index in [4.69, 9.17) is 11.6 Å². The molecule has 2 aromatic carbocycles. The van der Waals surface area contributed by atoms with Crippen LogP contribution in [0.2, 0.25) is 5.02 Å². The van der Waals surface area contributed by atoms with E-state index in [1.807, 2.05) is 12.1 Å². The summed E-state index contributed by atoms with van der Waals surface area (Å²) in [5, 5.41) is 3.55. The fraction of sp³-hybridized carbons (Fsp3) is 0.350. The van der Waals surface area contributed by atoms with Crippen LogP contribution < -0.4 is 5.32 Å². The molecule has 1 N–H and O–H groups in total. The van der Waals surface area contributed by atoms with E-state index in [1.54, 1.807) is 0 Å². The minimum Gasteiger partial charge on any atom is -0.317 e. The molecule has 3 rings (SSSR count). The molecule has 0 radical (unpaired) electrons. The highest BCUT2D eigenvalue weighted by Crippen LogP contribution is 2.21. The Kier molecular flexibility index (Phi) is 5.64. The van der Waals surface area contributed by atoms with Crippen LogP contribution in [0.25, 0.3) is 0 Å². The Balaban J connectivity index is 1.68. The molecule has 0 atom stereocenters. The maximum absolute atomic E-state index is 13.1. The minimum absolute atomic E-state index is 0.0842. The quantitative estimate of drug-likeness (QED) is 0.811. The predicted molar refractivity (Wildman–Crippen MR) is 95.2 cm³/mol. The summed E-state index contributed by atoms with van der Waals surface area (Å²) in [5.41, 5.74) is 2.63. The Bertz CT molecular complexity index is 725. The Labute approximate surface area is 147 Å². The van der Waals surface area contributed by atoms with Gasteiger partial charge >= 0.3 is 0 Å². The summed E-state index contributed by atoms with van der Waals surface area (Å²) in [6.45, 7) is 2.18. The average molecular weight is 346 g/mol. The summed E-state index contributed by atoms with van der Waals surface area (Å²) < 4.78 is 13.1. The van der Waals surface area contributed by atoms with E-state index in [9.17, 15) is 9.18 Å². The second kappa shape index (κ2) is 7.91. The van der Waals surface area contributed by atoms with Gasteiger partial charge < -0.3 is 5.32 Å². The molecule has 1 heterocycles. The fourth-order valence-electron chi connectivity index (χ4n) is 3.28. The van der Waals surface area contributed by atoms with Crippen LogP contribution in [0.5, 0.6) is 0 Å². The SMILES string of the molecule is O=C(Cc1cccc(CC2CCNCC2)c1)c1ccc(F)cc1Cl. The van der Waals surface area contributed by atoms with Gasteiger partial charge in [-0.15, -0.1) is 0 Å². The van der Waals surface area contributed by atoms with Crippen LogP contribution in [0.15, 0.2) is 42.5 Å². The van der Waals surface area contributed by atoms with E-state index in [0.29, 0.717) is 11.5 Å². The van der Waals surface area contributed by atoms with Crippen molar-refractivity contribution in [3.05, 3.63) is 70.0 Å². The molecule has 0 spiro atoms. The van der Waals surface area contributed by atoms with E-state index < -0.39 is 5.82 Å². The highest BCUT2D eigenvalue weighted by atomic mass is 35.5. The van der Waals surface area contributed by atoms with E-state index in [1.165, 1.54) is 36.6 Å². The zero-order valence-corrected chi connectivity index (χ0v) is 14.3. The second-order valence-corrected chi connectivity index (χ2v) is 6.85. The van der Waals surface area contributed by atoms with Crippen molar-refractivity contribution in [1.29, 1.82) is 0 Å². The molecule has 2 nitrogen and oxygen atoms in total. The van der Waals surface area contributed by atoms with Gasteiger partial charge in [0.15, 0.2) is 5.78 Å². The van der Waals surface area contributed by atoms with E-state index >= 15 is 0 Å². The van der Waals surface area contributed by atoms with Crippen LogP contribution >= 0.6 is 11.6 Å². The third kappa shape index (κ3) is 4.43. The standard InChI is InChI=1S/C20H21ClFNO/c21-19-13-17(22)4-5-18(19)20(24)12-16-3-1-2-15(11-16)10-14-6-8-23-9-7-14/h1-5,11,13-14,23H,6-10,12H2. The number of ketones is 1. The lowest BCUT2D eigenvalue weighted by Gasteiger charge is -2.22. The number of hydrogen-bond donors (Lipinski definition) is 1. The Morgan fingerprint density at radius 1 is 1.12 bits per heavy atom. The van der Waals surface area contributed by atoms with Gasteiger partial charge in [0, 0.05) is 12.0 Å². The number of nitrogens with one attached hydrogen (secondary N) is 1. The molecule has 0 saturated carbocycles. The molecular weight excluding hydrogens is 325 g/mol. The van der Waals surface area contributed by atoms with Crippen molar-refractivity contribution in [2.45, 2.75) is 25.7 Å². The summed E-state index contributed by atoms with van der Waals surface area (Å²) in [7, 11) is 0. The molecule has 0 amide bonds. The van der Waals surface area contributed by atoms with Gasteiger partial charge in [-0.3, -0.25) is 4.79 Å². The molecule has 1 aliphatic rings. The monoisotopic (exact) mass is 345 g/mol. The molecular formula is C20H21ClFNO. The van der Waals surface area contributed by atoms with Crippen molar-refractivity contribution in [1.82, 2.24) is 5.32 Å². The first-order valence-electron chi connectivity index (χ1n) is 8.38. The molecule has 0 aliphatic carbocycles. The van der Waals surface area contributed by atoms with Gasteiger partial charge in [0.2, 0.25) is 0 Å². The largest absolute Gasteiger partial charge is 0.317 e. The highest BCUT2D eigenvalue weighted by molar-refractivity contribution is 6.34. The maximum atomic E-state index is 13.1. The van der Waals surface area contributed by atoms with Crippen LogP contribution in [0, 0.1) is 11.7 Å². The third-order valence-electron chi connectivity index (χ3n) is 4.57. The smallest absolute Gasteiger partial charge is 0.168 e. The molecule has 0 aromatic heterocycles. The molecule has 0 bridgehead atoms. The molecule has 126 valence electrons. The number of rotatable bonds is 5. The summed E-state index contributed by atoms with van der Waals surface area (Å²) in [6, 6.07) is 12.1. The van der Waals surface area contributed by atoms with Crippen molar-refractivity contribution >= 4 is 17.4 Å². The lowest BCUT2D eigenvalue weighted by molar-refractivity contribution is 0.0993. The first kappa shape index (κ1) is 17.1. The zero-order valence-electron chi connectivity index (χ0n) is 13.5. The van der Waals surface area contributed by atoms with Crippen LogP contribution in [0.4, 0.5) is 4.39 Å². The molecule has 1 fully saturated rings. The summed E-state index contributed by atoms with van der Waals surface area (Å²) in [4.78, 5) is 12.4. The second-order valence-electron chi connectivity index (χ2n) is 6.44. The molecule has 2 aromatic rings. The van der Waals surface area contributed by atoms with Crippen molar-refractivity contribution < 1.29 is 9.18 Å². The van der Waals surface area contributed by atoms with E-state index in [2.05, 4.69) is 17.4 Å². The fourth-order valence-corrected chi connectivity index (χ4v) is 3.55. The number of carbonyl (C=O) groups excluding carboxylic acids is 1. The summed E-state index contributed by atoms with van der Waals surface area (Å²) in [6.07, 6.45) is 3.75. The molecule has 4 heteroatoms. The topological polar surface area (TPSA) is 29.1 Å². The molecule has 0 unspecified atom stereocenters. The number of halogens is 2. The number of hydrogen-bond acceptors (Lipinski definition) is 2.